The fourth-order valence-electron chi connectivity index (χ4n) is 2.99. The van der Waals surface area contributed by atoms with Crippen LogP contribution in [0.5, 0.6) is 0 Å². The van der Waals surface area contributed by atoms with E-state index in [0.29, 0.717) is 34.5 Å². The SMILES string of the molecule is OC(NCCCCCCNC(O)NC(O)Nc1ccc(Cl)cc1)NC(O)Nc1ccc(Cl)cc1. The van der Waals surface area contributed by atoms with Crippen LogP contribution in [0, 0.1) is 0 Å². The Hall–Kier alpha value is -1.70. The van der Waals surface area contributed by atoms with Crippen molar-refractivity contribution in [2.24, 2.45) is 0 Å². The molecule has 4 unspecified atom stereocenters. The summed E-state index contributed by atoms with van der Waals surface area (Å²) in [6.07, 6.45) is -0.858. The molecule has 0 aromatic heterocycles. The molecule has 0 aliphatic heterocycles. The van der Waals surface area contributed by atoms with Gasteiger partial charge in [-0.25, -0.2) is 10.6 Å². The van der Waals surface area contributed by atoms with Crippen LogP contribution in [-0.4, -0.2) is 58.9 Å². The van der Waals surface area contributed by atoms with Crippen LogP contribution in [0.1, 0.15) is 25.7 Å². The number of hydrogen-bond donors (Lipinski definition) is 10. The third-order valence-corrected chi connectivity index (χ3v) is 5.21. The highest BCUT2D eigenvalue weighted by Gasteiger charge is 2.10. The summed E-state index contributed by atoms with van der Waals surface area (Å²) in [5, 5.41) is 57.3. The van der Waals surface area contributed by atoms with Crippen molar-refractivity contribution in [3.05, 3.63) is 58.6 Å². The fourth-order valence-corrected chi connectivity index (χ4v) is 3.24. The van der Waals surface area contributed by atoms with Gasteiger partial charge in [-0.05, 0) is 74.5 Å². The van der Waals surface area contributed by atoms with Gasteiger partial charge in [-0.2, -0.15) is 0 Å². The summed E-state index contributed by atoms with van der Waals surface area (Å²) in [4.78, 5) is 0. The molecule has 10 N–H and O–H groups in total. The monoisotopic (exact) mass is 516 g/mol. The number of rotatable bonds is 17. The second-order valence-electron chi connectivity index (χ2n) is 7.57. The maximum atomic E-state index is 9.91. The molecule has 0 spiro atoms. The Balaban J connectivity index is 1.44. The Kier molecular flexibility index (Phi) is 13.5. The molecule has 190 valence electrons. The van der Waals surface area contributed by atoms with E-state index in [2.05, 4.69) is 31.9 Å². The zero-order valence-electron chi connectivity index (χ0n) is 18.7. The summed E-state index contributed by atoms with van der Waals surface area (Å²) in [7, 11) is 0. The molecule has 34 heavy (non-hydrogen) atoms. The average Bonchev–Trinajstić information content (AvgIpc) is 2.78. The highest BCUT2D eigenvalue weighted by Crippen LogP contribution is 2.14. The van der Waals surface area contributed by atoms with E-state index in [1.165, 1.54) is 0 Å². The third kappa shape index (κ3) is 12.7. The molecule has 12 heteroatoms. The number of benzene rings is 2. The minimum atomic E-state index is -1.13. The lowest BCUT2D eigenvalue weighted by Gasteiger charge is -2.21. The van der Waals surface area contributed by atoms with Gasteiger partial charge in [0.25, 0.3) is 0 Å². The first-order valence-electron chi connectivity index (χ1n) is 11.1. The van der Waals surface area contributed by atoms with Crippen molar-refractivity contribution in [2.45, 2.75) is 51.1 Å². The van der Waals surface area contributed by atoms with Crippen LogP contribution < -0.4 is 31.9 Å². The minimum Gasteiger partial charge on any atom is -0.365 e. The van der Waals surface area contributed by atoms with E-state index in [9.17, 15) is 20.4 Å². The fraction of sp³-hybridized carbons (Fsp3) is 0.455. The molecule has 0 saturated carbocycles. The molecule has 0 amide bonds. The molecule has 0 saturated heterocycles. The van der Waals surface area contributed by atoms with Crippen molar-refractivity contribution < 1.29 is 20.4 Å². The van der Waals surface area contributed by atoms with Gasteiger partial charge in [0, 0.05) is 21.4 Å². The molecule has 2 aromatic carbocycles. The maximum absolute atomic E-state index is 9.91. The van der Waals surface area contributed by atoms with E-state index in [1.54, 1.807) is 48.5 Å². The van der Waals surface area contributed by atoms with Crippen LogP contribution in [0.2, 0.25) is 10.0 Å². The smallest absolute Gasteiger partial charge is 0.184 e. The standard InChI is InChI=1S/C22H34Cl2N6O4/c23-15-5-9-17(10-6-15)27-21(33)29-19(31)25-13-3-1-2-4-14-26-20(32)30-22(34)28-18-11-7-16(24)8-12-18/h5-12,19-22,25-34H,1-4,13-14H2. The number of aliphatic hydroxyl groups is 4. The quantitative estimate of drug-likeness (QED) is 0.110. The van der Waals surface area contributed by atoms with Crippen molar-refractivity contribution in [1.29, 1.82) is 0 Å². The van der Waals surface area contributed by atoms with Crippen molar-refractivity contribution in [3.8, 4) is 0 Å². The second-order valence-corrected chi connectivity index (χ2v) is 8.44. The molecule has 4 atom stereocenters. The molecule has 0 aliphatic rings. The Morgan fingerprint density at radius 3 is 1.24 bits per heavy atom. The normalized spacial score (nSPS) is 14.9. The van der Waals surface area contributed by atoms with E-state index in [1.807, 2.05) is 0 Å². The van der Waals surface area contributed by atoms with E-state index in [-0.39, 0.29) is 0 Å². The number of halogens is 2. The first-order valence-corrected chi connectivity index (χ1v) is 11.8. The largest absolute Gasteiger partial charge is 0.365 e. The van der Waals surface area contributed by atoms with Gasteiger partial charge in [0.1, 0.15) is 0 Å². The van der Waals surface area contributed by atoms with Crippen molar-refractivity contribution in [2.75, 3.05) is 23.7 Å². The predicted molar refractivity (Wildman–Crippen MR) is 135 cm³/mol. The van der Waals surface area contributed by atoms with E-state index in [4.69, 9.17) is 23.2 Å². The lowest BCUT2D eigenvalue weighted by atomic mass is 10.2. The second kappa shape index (κ2) is 16.1. The minimum absolute atomic E-state index is 0.571. The number of anilines is 2. The summed E-state index contributed by atoms with van der Waals surface area (Å²) >= 11 is 11.6. The number of aliphatic hydroxyl groups excluding tert-OH is 4. The highest BCUT2D eigenvalue weighted by atomic mass is 35.5. The van der Waals surface area contributed by atoms with E-state index in [0.717, 1.165) is 25.7 Å². The Bertz CT molecular complexity index is 735. The number of hydrogen-bond acceptors (Lipinski definition) is 10. The lowest BCUT2D eigenvalue weighted by Crippen LogP contribution is -2.50. The van der Waals surface area contributed by atoms with Gasteiger partial charge in [-0.3, -0.25) is 10.6 Å². The number of unbranched alkanes of at least 4 members (excludes halogenated alkanes) is 3. The van der Waals surface area contributed by atoms with Crippen molar-refractivity contribution in [1.82, 2.24) is 21.3 Å². The van der Waals surface area contributed by atoms with E-state index >= 15 is 0 Å². The lowest BCUT2D eigenvalue weighted by molar-refractivity contribution is 0.0342. The summed E-state index contributed by atoms with van der Waals surface area (Å²) in [5.41, 5.74) is 1.33. The van der Waals surface area contributed by atoms with Crippen molar-refractivity contribution in [3.63, 3.8) is 0 Å². The predicted octanol–water partition coefficient (Wildman–Crippen LogP) is 1.54. The van der Waals surface area contributed by atoms with Crippen LogP contribution in [0.3, 0.4) is 0 Å². The molecule has 10 nitrogen and oxygen atoms in total. The maximum Gasteiger partial charge on any atom is 0.184 e. The average molecular weight is 517 g/mol. The van der Waals surface area contributed by atoms with Crippen LogP contribution in [0.4, 0.5) is 11.4 Å². The van der Waals surface area contributed by atoms with Gasteiger partial charge >= 0.3 is 0 Å². The van der Waals surface area contributed by atoms with Crippen LogP contribution in [0.15, 0.2) is 48.5 Å². The molecule has 0 fully saturated rings. The molecule has 0 bridgehead atoms. The number of nitrogens with one attached hydrogen (secondary N) is 6. The van der Waals surface area contributed by atoms with Crippen molar-refractivity contribution >= 4 is 34.6 Å². The molecule has 0 aliphatic carbocycles. The molecule has 0 radical (unpaired) electrons. The first-order chi connectivity index (χ1) is 16.3. The summed E-state index contributed by atoms with van der Waals surface area (Å²) < 4.78 is 0. The van der Waals surface area contributed by atoms with Crippen LogP contribution in [-0.2, 0) is 0 Å². The van der Waals surface area contributed by atoms with Crippen LogP contribution >= 0.6 is 23.2 Å². The summed E-state index contributed by atoms with van der Waals surface area (Å²) in [6, 6.07) is 13.7. The van der Waals surface area contributed by atoms with Gasteiger partial charge in [-0.15, -0.1) is 0 Å². The van der Waals surface area contributed by atoms with Gasteiger partial charge < -0.3 is 31.1 Å². The molecule has 2 rings (SSSR count). The summed E-state index contributed by atoms with van der Waals surface area (Å²) in [6.45, 7) is 1.14. The topological polar surface area (TPSA) is 153 Å². The molecule has 2 aromatic rings. The third-order valence-electron chi connectivity index (χ3n) is 4.71. The van der Waals surface area contributed by atoms with Gasteiger partial charge in [0.2, 0.25) is 0 Å². The molecular weight excluding hydrogens is 483 g/mol. The molecule has 0 heterocycles. The Morgan fingerprint density at radius 1 is 0.529 bits per heavy atom. The van der Waals surface area contributed by atoms with E-state index < -0.39 is 25.4 Å². The first kappa shape index (κ1) is 28.5. The Labute approximate surface area is 209 Å². The summed E-state index contributed by atoms with van der Waals surface area (Å²) in [5.74, 6) is 0. The molecular formula is C22H34Cl2N6O4. The zero-order valence-corrected chi connectivity index (χ0v) is 20.2. The Morgan fingerprint density at radius 2 is 0.882 bits per heavy atom. The van der Waals surface area contributed by atoms with Crippen LogP contribution in [0.25, 0.3) is 0 Å². The van der Waals surface area contributed by atoms with Gasteiger partial charge in [-0.1, -0.05) is 36.0 Å². The highest BCUT2D eigenvalue weighted by molar-refractivity contribution is 6.30. The van der Waals surface area contributed by atoms with Gasteiger partial charge in [0.05, 0.1) is 0 Å². The van der Waals surface area contributed by atoms with Gasteiger partial charge in [0.15, 0.2) is 25.4 Å². The zero-order chi connectivity index (χ0) is 24.8.